The van der Waals surface area contributed by atoms with Crippen molar-refractivity contribution < 1.29 is 4.79 Å². The first-order valence-electron chi connectivity index (χ1n) is 6.25. The summed E-state index contributed by atoms with van der Waals surface area (Å²) in [5.41, 5.74) is 6.68. The van der Waals surface area contributed by atoms with E-state index < -0.39 is 0 Å². The normalized spacial score (nSPS) is 14.6. The van der Waals surface area contributed by atoms with E-state index in [1.807, 2.05) is 27.1 Å². The van der Waals surface area contributed by atoms with E-state index in [0.29, 0.717) is 12.2 Å². The minimum atomic E-state index is 0.119. The maximum Gasteiger partial charge on any atom is 0.140 e. The predicted molar refractivity (Wildman–Crippen MR) is 68.6 cm³/mol. The first kappa shape index (κ1) is 13.9. The Morgan fingerprint density at radius 1 is 1.47 bits per heavy atom. The predicted octanol–water partition coefficient (Wildman–Crippen LogP) is 1.69. The van der Waals surface area contributed by atoms with Gasteiger partial charge in [-0.15, -0.1) is 0 Å². The number of aryl methyl sites for hydroxylation is 1. The van der Waals surface area contributed by atoms with Crippen LogP contribution in [0.15, 0.2) is 12.4 Å². The lowest BCUT2D eigenvalue weighted by atomic mass is 9.95. The van der Waals surface area contributed by atoms with Gasteiger partial charge in [0.05, 0.1) is 6.20 Å². The van der Waals surface area contributed by atoms with Crippen LogP contribution >= 0.6 is 0 Å². The SMILES string of the molecule is CC(N)CCCC(C)C(=O)Cc1cnn(C)c1. The number of rotatable bonds is 7. The Morgan fingerprint density at radius 2 is 2.18 bits per heavy atom. The van der Waals surface area contributed by atoms with Gasteiger partial charge in [0, 0.05) is 31.6 Å². The topological polar surface area (TPSA) is 60.9 Å². The summed E-state index contributed by atoms with van der Waals surface area (Å²) < 4.78 is 1.73. The van der Waals surface area contributed by atoms with Crippen LogP contribution in [0, 0.1) is 5.92 Å². The first-order valence-corrected chi connectivity index (χ1v) is 6.25. The Bertz CT molecular complexity index is 357. The molecule has 4 nitrogen and oxygen atoms in total. The minimum Gasteiger partial charge on any atom is -0.328 e. The summed E-state index contributed by atoms with van der Waals surface area (Å²) in [6.45, 7) is 4.00. The molecule has 0 aliphatic carbocycles. The van der Waals surface area contributed by atoms with Crippen LogP contribution in [0.4, 0.5) is 0 Å². The van der Waals surface area contributed by atoms with E-state index in [9.17, 15) is 4.79 Å². The van der Waals surface area contributed by atoms with E-state index in [4.69, 9.17) is 5.73 Å². The Labute approximate surface area is 103 Å². The van der Waals surface area contributed by atoms with Gasteiger partial charge >= 0.3 is 0 Å². The van der Waals surface area contributed by atoms with Crippen molar-refractivity contribution in [1.29, 1.82) is 0 Å². The van der Waals surface area contributed by atoms with Crippen LogP contribution in [-0.2, 0) is 18.3 Å². The van der Waals surface area contributed by atoms with Crippen molar-refractivity contribution in [1.82, 2.24) is 9.78 Å². The molecule has 1 rings (SSSR count). The fourth-order valence-corrected chi connectivity index (χ4v) is 1.85. The molecule has 0 amide bonds. The third-order valence-electron chi connectivity index (χ3n) is 2.98. The Balaban J connectivity index is 2.32. The monoisotopic (exact) mass is 237 g/mol. The second kappa shape index (κ2) is 6.55. The van der Waals surface area contributed by atoms with Crippen LogP contribution in [0.1, 0.15) is 38.7 Å². The molecule has 96 valence electrons. The van der Waals surface area contributed by atoms with Gasteiger partial charge in [-0.1, -0.05) is 13.3 Å². The second-order valence-corrected chi connectivity index (χ2v) is 4.97. The average Bonchev–Trinajstić information content (AvgIpc) is 2.63. The molecular formula is C13H23N3O. The number of aromatic nitrogens is 2. The average molecular weight is 237 g/mol. The molecule has 0 saturated carbocycles. The molecule has 17 heavy (non-hydrogen) atoms. The van der Waals surface area contributed by atoms with E-state index in [1.165, 1.54) is 0 Å². The highest BCUT2D eigenvalue weighted by molar-refractivity contribution is 5.82. The number of carbonyl (C=O) groups is 1. The van der Waals surface area contributed by atoms with Crippen molar-refractivity contribution in [2.45, 2.75) is 45.6 Å². The molecule has 1 heterocycles. The molecule has 0 aliphatic heterocycles. The zero-order chi connectivity index (χ0) is 12.8. The van der Waals surface area contributed by atoms with Gasteiger partial charge in [-0.2, -0.15) is 5.10 Å². The van der Waals surface area contributed by atoms with Crippen LogP contribution in [0.3, 0.4) is 0 Å². The smallest absolute Gasteiger partial charge is 0.140 e. The van der Waals surface area contributed by atoms with Crippen molar-refractivity contribution in [3.8, 4) is 0 Å². The van der Waals surface area contributed by atoms with Crippen LogP contribution in [0.25, 0.3) is 0 Å². The molecule has 0 saturated heterocycles. The van der Waals surface area contributed by atoms with Crippen molar-refractivity contribution in [3.05, 3.63) is 18.0 Å². The van der Waals surface area contributed by atoms with Gasteiger partial charge in [0.1, 0.15) is 5.78 Å². The highest BCUT2D eigenvalue weighted by atomic mass is 16.1. The van der Waals surface area contributed by atoms with Gasteiger partial charge in [-0.05, 0) is 25.3 Å². The molecule has 0 aromatic carbocycles. The number of ketones is 1. The molecule has 0 fully saturated rings. The minimum absolute atomic E-state index is 0.119. The van der Waals surface area contributed by atoms with Crippen LogP contribution in [-0.4, -0.2) is 21.6 Å². The van der Waals surface area contributed by atoms with Gasteiger partial charge in [0.2, 0.25) is 0 Å². The lowest BCUT2D eigenvalue weighted by molar-refractivity contribution is -0.121. The molecule has 2 N–H and O–H groups in total. The Kier molecular flexibility index (Phi) is 5.35. The van der Waals surface area contributed by atoms with Crippen LogP contribution in [0.2, 0.25) is 0 Å². The third kappa shape index (κ3) is 5.13. The summed E-state index contributed by atoms with van der Waals surface area (Å²) in [5.74, 6) is 0.414. The summed E-state index contributed by atoms with van der Waals surface area (Å²) in [6, 6.07) is 0.232. The van der Waals surface area contributed by atoms with Crippen molar-refractivity contribution in [3.63, 3.8) is 0 Å². The number of carbonyl (C=O) groups excluding carboxylic acids is 1. The first-order chi connectivity index (χ1) is 7.99. The lowest BCUT2D eigenvalue weighted by Crippen LogP contribution is -2.17. The number of nitrogens with two attached hydrogens (primary N) is 1. The van der Waals surface area contributed by atoms with E-state index in [1.54, 1.807) is 10.9 Å². The number of nitrogens with zero attached hydrogens (tertiary/aromatic N) is 2. The molecule has 0 spiro atoms. The highest BCUT2D eigenvalue weighted by Crippen LogP contribution is 2.13. The largest absolute Gasteiger partial charge is 0.328 e. The van der Waals surface area contributed by atoms with E-state index in [2.05, 4.69) is 5.10 Å². The standard InChI is InChI=1S/C13H23N3O/c1-10(5-4-6-11(2)14)13(17)7-12-8-15-16(3)9-12/h8-11H,4-7,14H2,1-3H3. The maximum absolute atomic E-state index is 11.9. The summed E-state index contributed by atoms with van der Waals surface area (Å²) >= 11 is 0. The van der Waals surface area contributed by atoms with Crippen molar-refractivity contribution in [2.75, 3.05) is 0 Å². The zero-order valence-electron chi connectivity index (χ0n) is 11.0. The van der Waals surface area contributed by atoms with Gasteiger partial charge in [-0.25, -0.2) is 0 Å². The van der Waals surface area contributed by atoms with Gasteiger partial charge in [0.15, 0.2) is 0 Å². The van der Waals surface area contributed by atoms with Crippen LogP contribution in [0.5, 0.6) is 0 Å². The molecule has 2 unspecified atom stereocenters. The number of hydrogen-bond acceptors (Lipinski definition) is 3. The molecule has 1 aromatic rings. The van der Waals surface area contributed by atoms with Gasteiger partial charge < -0.3 is 5.73 Å². The highest BCUT2D eigenvalue weighted by Gasteiger charge is 2.14. The van der Waals surface area contributed by atoms with E-state index >= 15 is 0 Å². The van der Waals surface area contributed by atoms with Gasteiger partial charge in [0.25, 0.3) is 0 Å². The zero-order valence-corrected chi connectivity index (χ0v) is 11.0. The van der Waals surface area contributed by atoms with E-state index in [-0.39, 0.29) is 12.0 Å². The summed E-state index contributed by atoms with van der Waals surface area (Å²) in [7, 11) is 1.86. The molecule has 1 aromatic heterocycles. The molecular weight excluding hydrogens is 214 g/mol. The molecule has 0 bridgehead atoms. The Morgan fingerprint density at radius 3 is 2.71 bits per heavy atom. The quantitative estimate of drug-likeness (QED) is 0.785. The lowest BCUT2D eigenvalue weighted by Gasteiger charge is -2.10. The number of Topliss-reactive ketones (excluding diaryl/α,β-unsaturated/α-hetero) is 1. The summed E-state index contributed by atoms with van der Waals surface area (Å²) in [4.78, 5) is 11.9. The summed E-state index contributed by atoms with van der Waals surface area (Å²) in [6.07, 6.45) is 7.09. The van der Waals surface area contributed by atoms with Crippen molar-refractivity contribution >= 4 is 5.78 Å². The van der Waals surface area contributed by atoms with Crippen molar-refractivity contribution in [2.24, 2.45) is 18.7 Å². The second-order valence-electron chi connectivity index (χ2n) is 4.97. The molecule has 4 heteroatoms. The third-order valence-corrected chi connectivity index (χ3v) is 2.98. The fraction of sp³-hybridized carbons (Fsp3) is 0.692. The Hall–Kier alpha value is -1.16. The molecule has 2 atom stereocenters. The van der Waals surface area contributed by atoms with Crippen LogP contribution < -0.4 is 5.73 Å². The van der Waals surface area contributed by atoms with Gasteiger partial charge in [-0.3, -0.25) is 9.48 Å². The van der Waals surface area contributed by atoms with E-state index in [0.717, 1.165) is 24.8 Å². The number of hydrogen-bond donors (Lipinski definition) is 1. The molecule has 0 aliphatic rings. The molecule has 0 radical (unpaired) electrons. The summed E-state index contributed by atoms with van der Waals surface area (Å²) in [5, 5.41) is 4.06. The fourth-order valence-electron chi connectivity index (χ4n) is 1.85. The maximum atomic E-state index is 11.9.